The van der Waals surface area contributed by atoms with Crippen LogP contribution in [0.1, 0.15) is 18.2 Å². The number of carbonyl (C=O) groups excluding carboxylic acids is 1. The molecule has 4 aromatic heterocycles. The fourth-order valence-corrected chi connectivity index (χ4v) is 4.43. The number of aryl methyl sites for hydroxylation is 2. The fourth-order valence-electron chi connectivity index (χ4n) is 4.43. The first-order valence-electron chi connectivity index (χ1n) is 11.5. The zero-order chi connectivity index (χ0) is 26.5. The quantitative estimate of drug-likeness (QED) is 0.386. The molecular formula is C26H23F3N6O2. The van der Waals surface area contributed by atoms with Gasteiger partial charge in [-0.3, -0.25) is 18.9 Å². The molecule has 0 saturated heterocycles. The number of halogens is 3. The van der Waals surface area contributed by atoms with Gasteiger partial charge in [0.25, 0.3) is 0 Å². The van der Waals surface area contributed by atoms with Crippen LogP contribution in [-0.2, 0) is 11.3 Å². The van der Waals surface area contributed by atoms with E-state index in [1.165, 1.54) is 9.13 Å². The van der Waals surface area contributed by atoms with E-state index < -0.39 is 30.4 Å². The highest BCUT2D eigenvalue weighted by Crippen LogP contribution is 2.27. The van der Waals surface area contributed by atoms with Crippen molar-refractivity contribution < 1.29 is 18.0 Å². The summed E-state index contributed by atoms with van der Waals surface area (Å²) in [5.74, 6) is -0.911. The maximum Gasteiger partial charge on any atom is 0.408 e. The van der Waals surface area contributed by atoms with Crippen molar-refractivity contribution in [3.63, 3.8) is 0 Å². The van der Waals surface area contributed by atoms with Crippen LogP contribution in [0.2, 0.25) is 0 Å². The Kier molecular flexibility index (Phi) is 5.85. The Balaban J connectivity index is 1.59. The first-order valence-corrected chi connectivity index (χ1v) is 11.5. The van der Waals surface area contributed by atoms with Gasteiger partial charge in [-0.05, 0) is 56.7 Å². The Hall–Kier alpha value is -4.41. The number of rotatable bonds is 5. The van der Waals surface area contributed by atoms with E-state index >= 15 is 0 Å². The van der Waals surface area contributed by atoms with Crippen molar-refractivity contribution in [3.05, 3.63) is 82.7 Å². The minimum atomic E-state index is -4.59. The maximum absolute atomic E-state index is 13.6. The summed E-state index contributed by atoms with van der Waals surface area (Å²) in [4.78, 5) is 30.8. The van der Waals surface area contributed by atoms with Crippen molar-refractivity contribution in [2.75, 3.05) is 0 Å². The van der Waals surface area contributed by atoms with Gasteiger partial charge in [0.2, 0.25) is 5.91 Å². The summed E-state index contributed by atoms with van der Waals surface area (Å²) in [6.07, 6.45) is -1.03. The first-order chi connectivity index (χ1) is 17.6. The third kappa shape index (κ3) is 4.26. The predicted octanol–water partition coefficient (Wildman–Crippen LogP) is 4.19. The summed E-state index contributed by atoms with van der Waals surface area (Å²) in [6.45, 7) is 3.90. The van der Waals surface area contributed by atoms with Crippen LogP contribution in [-0.4, -0.2) is 41.9 Å². The van der Waals surface area contributed by atoms with Crippen LogP contribution in [0.15, 0.2) is 65.7 Å². The Labute approximate surface area is 209 Å². The molecular weight excluding hydrogens is 485 g/mol. The standard InChI is InChI=1S/C26H23F3N6O2/c1-15-7-6-9-22-24(15)35(25(37)33(22)14-23(36)32-17(3)26(27,28)29)20-11-10-19(31-16(20)2)18-13-30-34-12-5-4-8-21(18)34/h4-13,17H,14H2,1-3H3,(H,32,36). The van der Waals surface area contributed by atoms with Crippen molar-refractivity contribution in [3.8, 4) is 16.9 Å². The molecule has 5 rings (SSSR count). The van der Waals surface area contributed by atoms with Crippen LogP contribution < -0.4 is 11.0 Å². The first kappa shape index (κ1) is 24.3. The highest BCUT2D eigenvalue weighted by Gasteiger charge is 2.37. The molecule has 37 heavy (non-hydrogen) atoms. The number of aromatic nitrogens is 5. The number of carbonyl (C=O) groups is 1. The molecule has 0 saturated carbocycles. The van der Waals surface area contributed by atoms with Crippen LogP contribution in [0.5, 0.6) is 0 Å². The Bertz CT molecular complexity index is 1710. The van der Waals surface area contributed by atoms with Crippen LogP contribution in [0.25, 0.3) is 33.5 Å². The monoisotopic (exact) mass is 508 g/mol. The van der Waals surface area contributed by atoms with Gasteiger partial charge in [0, 0.05) is 11.8 Å². The van der Waals surface area contributed by atoms with E-state index in [2.05, 4.69) is 5.10 Å². The van der Waals surface area contributed by atoms with E-state index in [-0.39, 0.29) is 0 Å². The van der Waals surface area contributed by atoms with E-state index in [1.54, 1.807) is 41.9 Å². The molecule has 0 aliphatic carbocycles. The highest BCUT2D eigenvalue weighted by molar-refractivity contribution is 5.85. The van der Waals surface area contributed by atoms with Crippen molar-refractivity contribution in [2.45, 2.75) is 39.5 Å². The van der Waals surface area contributed by atoms with Crippen molar-refractivity contribution >= 4 is 22.5 Å². The lowest BCUT2D eigenvalue weighted by molar-refractivity contribution is -0.158. The summed E-state index contributed by atoms with van der Waals surface area (Å²) in [6, 6.07) is 12.5. The predicted molar refractivity (Wildman–Crippen MR) is 133 cm³/mol. The van der Waals surface area contributed by atoms with Crippen LogP contribution in [0.3, 0.4) is 0 Å². The van der Waals surface area contributed by atoms with E-state index in [0.29, 0.717) is 28.1 Å². The number of alkyl halides is 3. The van der Waals surface area contributed by atoms with Crippen molar-refractivity contribution in [1.82, 2.24) is 29.0 Å². The van der Waals surface area contributed by atoms with Gasteiger partial charge in [-0.2, -0.15) is 18.3 Å². The van der Waals surface area contributed by atoms with Crippen molar-refractivity contribution in [2.24, 2.45) is 0 Å². The molecule has 4 heterocycles. The molecule has 0 radical (unpaired) electrons. The number of nitrogens with one attached hydrogen (secondary N) is 1. The molecule has 1 N–H and O–H groups in total. The smallest absolute Gasteiger partial charge is 0.343 e. The van der Waals surface area contributed by atoms with E-state index in [9.17, 15) is 22.8 Å². The SMILES string of the molecule is Cc1nc(-c2cnn3ccccc23)ccc1-n1c(=O)n(CC(=O)NC(C)C(F)(F)F)c2cccc(C)c21. The average molecular weight is 509 g/mol. The topological polar surface area (TPSA) is 86.2 Å². The molecule has 0 aliphatic heterocycles. The second-order valence-electron chi connectivity index (χ2n) is 8.87. The molecule has 0 aliphatic rings. The molecule has 11 heteroatoms. The van der Waals surface area contributed by atoms with Gasteiger partial charge in [-0.25, -0.2) is 9.31 Å². The number of para-hydroxylation sites is 1. The lowest BCUT2D eigenvalue weighted by atomic mass is 10.1. The van der Waals surface area contributed by atoms with Gasteiger partial charge in [-0.15, -0.1) is 0 Å². The lowest BCUT2D eigenvalue weighted by Crippen LogP contribution is -2.45. The van der Waals surface area contributed by atoms with Gasteiger partial charge in [0.05, 0.1) is 39.8 Å². The number of fused-ring (bicyclic) bond motifs is 2. The molecule has 190 valence electrons. The summed E-state index contributed by atoms with van der Waals surface area (Å²) in [7, 11) is 0. The summed E-state index contributed by atoms with van der Waals surface area (Å²) < 4.78 is 43.1. The highest BCUT2D eigenvalue weighted by atomic mass is 19.4. The second-order valence-corrected chi connectivity index (χ2v) is 8.87. The Morgan fingerprint density at radius 1 is 1.05 bits per heavy atom. The third-order valence-electron chi connectivity index (χ3n) is 6.32. The molecule has 1 atom stereocenters. The van der Waals surface area contributed by atoms with Gasteiger partial charge in [-0.1, -0.05) is 18.2 Å². The van der Waals surface area contributed by atoms with E-state index in [0.717, 1.165) is 23.6 Å². The number of imidazole rings is 1. The number of nitrogens with zero attached hydrogens (tertiary/aromatic N) is 5. The lowest BCUT2D eigenvalue weighted by Gasteiger charge is -2.17. The minimum Gasteiger partial charge on any atom is -0.343 e. The molecule has 0 spiro atoms. The van der Waals surface area contributed by atoms with E-state index in [4.69, 9.17) is 4.98 Å². The van der Waals surface area contributed by atoms with E-state index in [1.807, 2.05) is 42.7 Å². The second kappa shape index (κ2) is 8.91. The fraction of sp³-hybridized carbons (Fsp3) is 0.231. The number of benzene rings is 1. The number of hydrogen-bond donors (Lipinski definition) is 1. The summed E-state index contributed by atoms with van der Waals surface area (Å²) in [5, 5.41) is 6.27. The largest absolute Gasteiger partial charge is 0.408 e. The number of amides is 1. The molecule has 1 aromatic carbocycles. The Morgan fingerprint density at radius 3 is 2.54 bits per heavy atom. The number of hydrogen-bond acceptors (Lipinski definition) is 4. The molecule has 8 nitrogen and oxygen atoms in total. The third-order valence-corrected chi connectivity index (χ3v) is 6.32. The van der Waals surface area contributed by atoms with Gasteiger partial charge in [0.15, 0.2) is 0 Å². The molecule has 0 fully saturated rings. The van der Waals surface area contributed by atoms with Crippen LogP contribution in [0.4, 0.5) is 13.2 Å². The molecule has 5 aromatic rings. The summed E-state index contributed by atoms with van der Waals surface area (Å²) in [5.41, 5.74) is 4.67. The molecule has 1 amide bonds. The van der Waals surface area contributed by atoms with Crippen LogP contribution >= 0.6 is 0 Å². The van der Waals surface area contributed by atoms with Gasteiger partial charge >= 0.3 is 11.9 Å². The maximum atomic E-state index is 13.6. The molecule has 0 bridgehead atoms. The zero-order valence-electron chi connectivity index (χ0n) is 20.2. The Morgan fingerprint density at radius 2 is 1.81 bits per heavy atom. The average Bonchev–Trinajstić information content (AvgIpc) is 3.39. The van der Waals surface area contributed by atoms with Gasteiger partial charge < -0.3 is 5.32 Å². The minimum absolute atomic E-state index is 0.436. The van der Waals surface area contributed by atoms with Crippen molar-refractivity contribution in [1.29, 1.82) is 0 Å². The normalized spacial score (nSPS) is 12.8. The zero-order valence-corrected chi connectivity index (χ0v) is 20.2. The summed E-state index contributed by atoms with van der Waals surface area (Å²) >= 11 is 0. The molecule has 1 unspecified atom stereocenters. The van der Waals surface area contributed by atoms with Crippen LogP contribution in [0, 0.1) is 13.8 Å². The van der Waals surface area contributed by atoms with Gasteiger partial charge in [0.1, 0.15) is 12.6 Å². The number of pyridine rings is 2.